The number of hydrogen-bond acceptors (Lipinski definition) is 9. The Morgan fingerprint density at radius 2 is 1.88 bits per heavy atom. The summed E-state index contributed by atoms with van der Waals surface area (Å²) in [6, 6.07) is 10.8. The molecule has 4 heterocycles. The van der Waals surface area contributed by atoms with Crippen LogP contribution in [0.15, 0.2) is 47.4 Å². The Bertz CT molecular complexity index is 1750. The van der Waals surface area contributed by atoms with Crippen molar-refractivity contribution in [2.24, 2.45) is 18.9 Å². The number of benzene rings is 1. The second-order valence-corrected chi connectivity index (χ2v) is 12.5. The number of rotatable bonds is 7. The van der Waals surface area contributed by atoms with Gasteiger partial charge < -0.3 is 15.3 Å². The Kier molecular flexibility index (Phi) is 8.06. The number of aryl methyl sites for hydroxylation is 1. The van der Waals surface area contributed by atoms with Gasteiger partial charge in [-0.2, -0.15) is 0 Å². The second-order valence-electron chi connectivity index (χ2n) is 11.5. The molecule has 1 aliphatic heterocycles. The number of hydrogen-bond donors (Lipinski definition) is 3. The zero-order chi connectivity index (χ0) is 30.4. The molecule has 10 nitrogen and oxygen atoms in total. The predicted octanol–water partition coefficient (Wildman–Crippen LogP) is 4.74. The molecule has 1 amide bonds. The fourth-order valence-electron chi connectivity index (χ4n) is 6.40. The fourth-order valence-corrected chi connectivity index (χ4v) is 6.83. The molecule has 2 aliphatic rings. The number of carbonyl (C=O) groups excluding carboxylic acids is 1. The van der Waals surface area contributed by atoms with E-state index >= 15 is 0 Å². The van der Waals surface area contributed by atoms with Crippen LogP contribution in [0.4, 0.5) is 11.5 Å². The molecule has 2 bridgehead atoms. The quantitative estimate of drug-likeness (QED) is 0.199. The molecular weight excluding hydrogens is 586 g/mol. The molecule has 1 aromatic carbocycles. The first-order valence-electron chi connectivity index (χ1n) is 14.3. The molecule has 3 atom stereocenters. The maximum atomic E-state index is 13.7. The Hall–Kier alpha value is -3.67. The van der Waals surface area contributed by atoms with Gasteiger partial charge in [-0.05, 0) is 62.6 Å². The van der Waals surface area contributed by atoms with Gasteiger partial charge in [0.1, 0.15) is 16.8 Å². The second kappa shape index (κ2) is 11.8. The number of piperidine rings is 1. The number of nitrogens with one attached hydrogen (secondary N) is 2. The first-order valence-corrected chi connectivity index (χ1v) is 15.9. The number of halogens is 1. The van der Waals surface area contributed by atoms with Gasteiger partial charge in [0, 0.05) is 55.6 Å². The zero-order valence-corrected chi connectivity index (χ0v) is 26.0. The Balaban J connectivity index is 1.35. The van der Waals surface area contributed by atoms with Crippen LogP contribution in [-0.2, 0) is 7.05 Å². The van der Waals surface area contributed by atoms with Gasteiger partial charge in [-0.15, -0.1) is 0 Å². The van der Waals surface area contributed by atoms with Crippen LogP contribution in [0.5, 0.6) is 0 Å². The topological polar surface area (TPSA) is 125 Å². The van der Waals surface area contributed by atoms with Crippen LogP contribution < -0.4 is 20.5 Å². The standard InChI is InChI=1S/C31H34ClN7O3S/c1-16-11-21(17(2)34-23-8-9-24(32)35-27(23)30(41)37-43-4)26-22(12-16)31(42)38(3)29(36-26)18-7-10-25(33-13-18)39-14-19-5-6-20(15-39)28(19)40/h7-13,17,19-20,28,34,40H,5-6,14-15H2,1-4H3,(H,37,41). The highest BCUT2D eigenvalue weighted by Gasteiger charge is 2.41. The van der Waals surface area contributed by atoms with Gasteiger partial charge in [0.2, 0.25) is 0 Å². The molecule has 43 heavy (non-hydrogen) atoms. The minimum absolute atomic E-state index is 0.156. The van der Waals surface area contributed by atoms with E-state index in [9.17, 15) is 14.7 Å². The van der Waals surface area contributed by atoms with E-state index in [0.717, 1.165) is 48.4 Å². The largest absolute Gasteiger partial charge is 0.392 e. The zero-order valence-electron chi connectivity index (χ0n) is 24.5. The number of aliphatic hydroxyl groups is 1. The molecule has 0 radical (unpaired) electrons. The van der Waals surface area contributed by atoms with Crippen molar-refractivity contribution in [2.75, 3.05) is 29.6 Å². The van der Waals surface area contributed by atoms with E-state index in [1.54, 1.807) is 36.2 Å². The van der Waals surface area contributed by atoms with Gasteiger partial charge in [0.05, 0.1) is 28.7 Å². The lowest BCUT2D eigenvalue weighted by Gasteiger charge is -2.36. The minimum Gasteiger partial charge on any atom is -0.392 e. The number of carbonyl (C=O) groups is 1. The Labute approximate surface area is 259 Å². The van der Waals surface area contributed by atoms with Gasteiger partial charge in [-0.1, -0.05) is 29.6 Å². The SMILES string of the molecule is CSNC(=O)c1nc(Cl)ccc1NC(C)c1cc(C)cc2c(=O)n(C)c(-c3ccc(N4CC5CCC(C4)C5O)nc3)nc12. The van der Waals surface area contributed by atoms with E-state index in [2.05, 4.69) is 19.9 Å². The van der Waals surface area contributed by atoms with Gasteiger partial charge in [0.15, 0.2) is 5.69 Å². The molecule has 12 heteroatoms. The van der Waals surface area contributed by atoms with Crippen LogP contribution >= 0.6 is 23.5 Å². The summed E-state index contributed by atoms with van der Waals surface area (Å²) in [4.78, 5) is 42.6. The first-order chi connectivity index (χ1) is 20.6. The van der Waals surface area contributed by atoms with E-state index in [1.165, 1.54) is 11.9 Å². The van der Waals surface area contributed by atoms with Crippen LogP contribution in [0.1, 0.15) is 47.4 Å². The number of nitrogens with zero attached hydrogens (tertiary/aromatic N) is 5. The van der Waals surface area contributed by atoms with Crippen LogP contribution in [0.3, 0.4) is 0 Å². The average Bonchev–Trinajstić information content (AvgIpc) is 3.18. The maximum Gasteiger partial charge on any atom is 0.281 e. The van der Waals surface area contributed by atoms with E-state index in [4.69, 9.17) is 21.6 Å². The normalized spacial score (nSPS) is 20.3. The number of fused-ring (bicyclic) bond motifs is 3. The fraction of sp³-hybridized carbons (Fsp3) is 0.387. The number of amides is 1. The summed E-state index contributed by atoms with van der Waals surface area (Å²) >= 11 is 7.28. The van der Waals surface area contributed by atoms with Crippen LogP contribution in [0.25, 0.3) is 22.3 Å². The number of pyridine rings is 2. The van der Waals surface area contributed by atoms with Crippen molar-refractivity contribution < 1.29 is 9.90 Å². The van der Waals surface area contributed by atoms with Gasteiger partial charge in [0.25, 0.3) is 11.5 Å². The van der Waals surface area contributed by atoms with Crippen molar-refractivity contribution in [1.82, 2.24) is 24.2 Å². The summed E-state index contributed by atoms with van der Waals surface area (Å²) in [6.45, 7) is 5.50. The molecule has 3 N–H and O–H groups in total. The molecule has 3 aromatic heterocycles. The highest BCUT2D eigenvalue weighted by atomic mass is 35.5. The van der Waals surface area contributed by atoms with Crippen molar-refractivity contribution in [3.05, 3.63) is 74.9 Å². The van der Waals surface area contributed by atoms with Crippen LogP contribution in [-0.4, -0.2) is 56.0 Å². The third kappa shape index (κ3) is 5.57. The molecule has 3 unspecified atom stereocenters. The lowest BCUT2D eigenvalue weighted by molar-refractivity contribution is 0.0790. The smallest absolute Gasteiger partial charge is 0.281 e. The summed E-state index contributed by atoms with van der Waals surface area (Å²) in [6.07, 6.45) is 5.42. The van der Waals surface area contributed by atoms with Gasteiger partial charge in [-0.3, -0.25) is 18.9 Å². The van der Waals surface area contributed by atoms with E-state index < -0.39 is 0 Å². The molecule has 1 saturated carbocycles. The monoisotopic (exact) mass is 619 g/mol. The van der Waals surface area contributed by atoms with Crippen molar-refractivity contribution >= 4 is 51.9 Å². The molecule has 0 spiro atoms. The number of anilines is 2. The number of aromatic nitrogens is 4. The molecule has 1 saturated heterocycles. The molecule has 4 aromatic rings. The molecule has 1 aliphatic carbocycles. The molecule has 224 valence electrons. The van der Waals surface area contributed by atoms with E-state index in [1.807, 2.05) is 38.1 Å². The van der Waals surface area contributed by atoms with Gasteiger partial charge in [-0.25, -0.2) is 15.0 Å². The summed E-state index contributed by atoms with van der Waals surface area (Å²) in [5.74, 6) is 1.60. The predicted molar refractivity (Wildman–Crippen MR) is 172 cm³/mol. The molecule has 6 rings (SSSR count). The minimum atomic E-state index is -0.364. The summed E-state index contributed by atoms with van der Waals surface area (Å²) < 4.78 is 4.26. The third-order valence-electron chi connectivity index (χ3n) is 8.58. The summed E-state index contributed by atoms with van der Waals surface area (Å²) in [5, 5.41) is 14.5. The van der Waals surface area contributed by atoms with E-state index in [-0.39, 0.29) is 34.5 Å². The molecular formula is C31H34ClN7O3S. The van der Waals surface area contributed by atoms with Crippen LogP contribution in [0, 0.1) is 18.8 Å². The van der Waals surface area contributed by atoms with Gasteiger partial charge >= 0.3 is 0 Å². The van der Waals surface area contributed by atoms with Crippen molar-refractivity contribution in [3.8, 4) is 11.4 Å². The number of aliphatic hydroxyl groups excluding tert-OH is 1. The highest BCUT2D eigenvalue weighted by molar-refractivity contribution is 7.97. The lowest BCUT2D eigenvalue weighted by Crippen LogP contribution is -2.45. The first kappa shape index (κ1) is 29.4. The molecule has 2 fully saturated rings. The Morgan fingerprint density at radius 1 is 1.14 bits per heavy atom. The third-order valence-corrected chi connectivity index (χ3v) is 9.18. The maximum absolute atomic E-state index is 13.7. The Morgan fingerprint density at radius 3 is 2.56 bits per heavy atom. The van der Waals surface area contributed by atoms with Crippen molar-refractivity contribution in [2.45, 2.75) is 38.8 Å². The van der Waals surface area contributed by atoms with E-state index in [0.29, 0.717) is 34.3 Å². The summed E-state index contributed by atoms with van der Waals surface area (Å²) in [5.41, 5.74) is 3.58. The summed E-state index contributed by atoms with van der Waals surface area (Å²) in [7, 11) is 1.72. The lowest BCUT2D eigenvalue weighted by atomic mass is 9.95. The van der Waals surface area contributed by atoms with Crippen molar-refractivity contribution in [3.63, 3.8) is 0 Å². The highest BCUT2D eigenvalue weighted by Crippen LogP contribution is 2.38. The van der Waals surface area contributed by atoms with Crippen LogP contribution in [0.2, 0.25) is 5.15 Å². The van der Waals surface area contributed by atoms with Crippen molar-refractivity contribution in [1.29, 1.82) is 0 Å². The average molecular weight is 620 g/mol.